The van der Waals surface area contributed by atoms with Crippen LogP contribution >= 0.6 is 27.3 Å². The van der Waals surface area contributed by atoms with E-state index in [0.29, 0.717) is 0 Å². The van der Waals surface area contributed by atoms with E-state index >= 15 is 0 Å². The van der Waals surface area contributed by atoms with Crippen molar-refractivity contribution in [1.29, 1.82) is 0 Å². The van der Waals surface area contributed by atoms with Crippen LogP contribution in [0.2, 0.25) is 0 Å². The number of rotatable bonds is 2. The number of aromatic nitrogens is 2. The lowest BCUT2D eigenvalue weighted by Crippen LogP contribution is -2.08. The Morgan fingerprint density at radius 2 is 2.25 bits per heavy atom. The normalized spacial score (nSPS) is 15.1. The molecule has 2 aromatic rings. The van der Waals surface area contributed by atoms with Crippen molar-refractivity contribution in [1.82, 2.24) is 9.55 Å². The summed E-state index contributed by atoms with van der Waals surface area (Å²) in [6.45, 7) is 0.959. The van der Waals surface area contributed by atoms with E-state index in [-0.39, 0.29) is 0 Å². The Bertz CT molecular complexity index is 501. The fraction of sp³-hybridized carbons (Fsp3) is 0.417. The highest BCUT2D eigenvalue weighted by Crippen LogP contribution is 2.26. The van der Waals surface area contributed by atoms with Gasteiger partial charge in [0.15, 0.2) is 0 Å². The van der Waals surface area contributed by atoms with Crippen LogP contribution in [-0.2, 0) is 19.4 Å². The lowest BCUT2D eigenvalue weighted by molar-refractivity contribution is 0.630. The molecule has 1 aliphatic rings. The van der Waals surface area contributed by atoms with Crippen molar-refractivity contribution in [3.63, 3.8) is 0 Å². The predicted octanol–water partition coefficient (Wildman–Crippen LogP) is 3.63. The maximum absolute atomic E-state index is 4.52. The van der Waals surface area contributed by atoms with Crippen LogP contribution in [0.5, 0.6) is 0 Å². The number of aryl methyl sites for hydroxylation is 1. The number of thiophene rings is 1. The molecule has 0 amide bonds. The zero-order valence-corrected chi connectivity index (χ0v) is 11.4. The minimum absolute atomic E-state index is 0.959. The van der Waals surface area contributed by atoms with Gasteiger partial charge in [0.1, 0.15) is 0 Å². The fourth-order valence-electron chi connectivity index (χ4n) is 2.26. The van der Waals surface area contributed by atoms with Gasteiger partial charge < -0.3 is 4.57 Å². The average molecular weight is 297 g/mol. The summed E-state index contributed by atoms with van der Waals surface area (Å²) in [7, 11) is 0. The molecule has 84 valence electrons. The van der Waals surface area contributed by atoms with Gasteiger partial charge in [-0.3, -0.25) is 0 Å². The first-order valence-electron chi connectivity index (χ1n) is 5.59. The van der Waals surface area contributed by atoms with Gasteiger partial charge in [0.2, 0.25) is 0 Å². The number of hydrogen-bond acceptors (Lipinski definition) is 2. The van der Waals surface area contributed by atoms with E-state index in [4.69, 9.17) is 0 Å². The summed E-state index contributed by atoms with van der Waals surface area (Å²) in [5.74, 6) is 0. The van der Waals surface area contributed by atoms with Gasteiger partial charge in [-0.1, -0.05) is 0 Å². The van der Waals surface area contributed by atoms with Crippen LogP contribution in [-0.4, -0.2) is 9.55 Å². The number of halogens is 1. The van der Waals surface area contributed by atoms with Crippen molar-refractivity contribution in [3.05, 3.63) is 38.5 Å². The molecule has 0 aromatic carbocycles. The van der Waals surface area contributed by atoms with Crippen molar-refractivity contribution in [2.24, 2.45) is 0 Å². The van der Waals surface area contributed by atoms with Gasteiger partial charge in [0, 0.05) is 15.0 Å². The molecule has 0 spiro atoms. The van der Waals surface area contributed by atoms with Gasteiger partial charge in [-0.2, -0.15) is 0 Å². The third-order valence-electron chi connectivity index (χ3n) is 3.11. The van der Waals surface area contributed by atoms with E-state index in [9.17, 15) is 0 Å². The van der Waals surface area contributed by atoms with Crippen LogP contribution in [0.3, 0.4) is 0 Å². The van der Waals surface area contributed by atoms with Gasteiger partial charge in [-0.25, -0.2) is 4.98 Å². The molecule has 2 heterocycles. The predicted molar refractivity (Wildman–Crippen MR) is 70.0 cm³/mol. The minimum atomic E-state index is 0.959. The molecular weight excluding hydrogens is 284 g/mol. The van der Waals surface area contributed by atoms with Crippen molar-refractivity contribution in [2.75, 3.05) is 0 Å². The first-order valence-corrected chi connectivity index (χ1v) is 7.26. The van der Waals surface area contributed by atoms with Crippen LogP contribution in [0.4, 0.5) is 0 Å². The first-order chi connectivity index (χ1) is 7.84. The molecule has 0 saturated heterocycles. The molecule has 0 N–H and O–H groups in total. The molecule has 4 heteroatoms. The topological polar surface area (TPSA) is 17.8 Å². The van der Waals surface area contributed by atoms with Crippen molar-refractivity contribution in [2.45, 2.75) is 32.2 Å². The molecule has 2 aromatic heterocycles. The number of imidazole rings is 1. The largest absolute Gasteiger partial charge is 0.329 e. The van der Waals surface area contributed by atoms with Gasteiger partial charge in [0.05, 0.1) is 18.6 Å². The zero-order chi connectivity index (χ0) is 11.0. The Morgan fingerprint density at radius 1 is 1.38 bits per heavy atom. The van der Waals surface area contributed by atoms with Crippen LogP contribution < -0.4 is 0 Å². The fourth-order valence-corrected chi connectivity index (χ4v) is 3.74. The van der Waals surface area contributed by atoms with Crippen LogP contribution in [0.15, 0.2) is 22.2 Å². The van der Waals surface area contributed by atoms with E-state index in [1.165, 1.54) is 40.0 Å². The molecular formula is C12H13BrN2S. The second kappa shape index (κ2) is 4.34. The molecule has 0 saturated carbocycles. The molecule has 3 rings (SSSR count). The third-order valence-corrected chi connectivity index (χ3v) is 5.03. The zero-order valence-electron chi connectivity index (χ0n) is 8.95. The number of nitrogens with zero attached hydrogens (tertiary/aromatic N) is 2. The third kappa shape index (κ3) is 1.84. The molecule has 0 atom stereocenters. The van der Waals surface area contributed by atoms with Gasteiger partial charge in [-0.15, -0.1) is 11.3 Å². The van der Waals surface area contributed by atoms with Gasteiger partial charge >= 0.3 is 0 Å². The summed E-state index contributed by atoms with van der Waals surface area (Å²) in [6, 6.07) is 2.11. The second-order valence-electron chi connectivity index (χ2n) is 4.16. The Labute approximate surface area is 107 Å². The maximum atomic E-state index is 4.52. The Hall–Kier alpha value is -0.610. The molecule has 0 aliphatic heterocycles. The van der Waals surface area contributed by atoms with Crippen molar-refractivity contribution in [3.8, 4) is 0 Å². The van der Waals surface area contributed by atoms with E-state index in [2.05, 4.69) is 36.9 Å². The highest BCUT2D eigenvalue weighted by Gasteiger charge is 2.15. The first kappa shape index (κ1) is 10.5. The monoisotopic (exact) mass is 296 g/mol. The molecule has 0 radical (unpaired) electrons. The van der Waals surface area contributed by atoms with E-state index in [1.54, 1.807) is 11.3 Å². The molecule has 16 heavy (non-hydrogen) atoms. The van der Waals surface area contributed by atoms with Crippen molar-refractivity contribution >= 4 is 27.3 Å². The highest BCUT2D eigenvalue weighted by atomic mass is 79.9. The minimum Gasteiger partial charge on any atom is -0.329 e. The SMILES string of the molecule is Brc1ccsc1Cn1cnc2c1CCCC2. The Balaban J connectivity index is 1.90. The van der Waals surface area contributed by atoms with E-state index in [1.807, 2.05) is 6.33 Å². The highest BCUT2D eigenvalue weighted by molar-refractivity contribution is 9.10. The lowest BCUT2D eigenvalue weighted by atomic mass is 10.0. The van der Waals surface area contributed by atoms with Crippen LogP contribution in [0.25, 0.3) is 0 Å². The van der Waals surface area contributed by atoms with Crippen LogP contribution in [0.1, 0.15) is 29.1 Å². The van der Waals surface area contributed by atoms with Gasteiger partial charge in [-0.05, 0) is 53.1 Å². The van der Waals surface area contributed by atoms with E-state index < -0.39 is 0 Å². The standard InChI is InChI=1S/C12H13BrN2S/c13-9-5-6-16-12(9)7-15-8-14-10-3-1-2-4-11(10)15/h5-6,8H,1-4,7H2. The van der Waals surface area contributed by atoms with Gasteiger partial charge in [0.25, 0.3) is 0 Å². The Kier molecular flexibility index (Phi) is 2.86. The lowest BCUT2D eigenvalue weighted by Gasteiger charge is -2.13. The average Bonchev–Trinajstić information content (AvgIpc) is 2.88. The number of hydrogen-bond donors (Lipinski definition) is 0. The second-order valence-corrected chi connectivity index (χ2v) is 6.02. The summed E-state index contributed by atoms with van der Waals surface area (Å²) in [5, 5.41) is 2.13. The van der Waals surface area contributed by atoms with Crippen LogP contribution in [0, 0.1) is 0 Å². The van der Waals surface area contributed by atoms with Crippen molar-refractivity contribution < 1.29 is 0 Å². The molecule has 0 bridgehead atoms. The Morgan fingerprint density at radius 3 is 3.06 bits per heavy atom. The summed E-state index contributed by atoms with van der Waals surface area (Å²) in [6.07, 6.45) is 6.96. The molecule has 2 nitrogen and oxygen atoms in total. The molecule has 1 aliphatic carbocycles. The maximum Gasteiger partial charge on any atom is 0.0955 e. The molecule has 0 fully saturated rings. The summed E-state index contributed by atoms with van der Waals surface area (Å²) >= 11 is 5.39. The summed E-state index contributed by atoms with van der Waals surface area (Å²) < 4.78 is 3.53. The smallest absolute Gasteiger partial charge is 0.0955 e. The molecule has 0 unspecified atom stereocenters. The summed E-state index contributed by atoms with van der Waals surface area (Å²) in [5.41, 5.74) is 2.77. The summed E-state index contributed by atoms with van der Waals surface area (Å²) in [4.78, 5) is 5.90. The number of fused-ring (bicyclic) bond motifs is 1. The van der Waals surface area contributed by atoms with E-state index in [0.717, 1.165) is 13.0 Å². The quantitative estimate of drug-likeness (QED) is 0.827.